The second-order valence-corrected chi connectivity index (χ2v) is 10.4. The number of benzene rings is 2. The second-order valence-electron chi connectivity index (χ2n) is 10.4. The lowest BCUT2D eigenvalue weighted by molar-refractivity contribution is 0.0941. The molecular formula is C29H32F2N6O3. The van der Waals surface area contributed by atoms with Crippen molar-refractivity contribution in [2.75, 3.05) is 63.7 Å². The summed E-state index contributed by atoms with van der Waals surface area (Å²) in [6, 6.07) is 8.68. The predicted octanol–water partition coefficient (Wildman–Crippen LogP) is 3.01. The first kappa shape index (κ1) is 26.5. The molecule has 9 nitrogen and oxygen atoms in total. The van der Waals surface area contributed by atoms with Gasteiger partial charge in [-0.1, -0.05) is 6.07 Å². The molecule has 0 bridgehead atoms. The summed E-state index contributed by atoms with van der Waals surface area (Å²) >= 11 is 0. The number of carbonyl (C=O) groups excluding carboxylic acids is 1. The van der Waals surface area contributed by atoms with Gasteiger partial charge >= 0.3 is 0 Å². The van der Waals surface area contributed by atoms with E-state index < -0.39 is 17.7 Å². The van der Waals surface area contributed by atoms with Crippen molar-refractivity contribution in [1.29, 1.82) is 0 Å². The van der Waals surface area contributed by atoms with Crippen LogP contribution < -0.4 is 16.0 Å². The van der Waals surface area contributed by atoms with E-state index in [1.54, 1.807) is 13.2 Å². The first-order chi connectivity index (χ1) is 19.4. The molecule has 3 aromatic rings. The van der Waals surface area contributed by atoms with Crippen LogP contribution in [-0.2, 0) is 22.4 Å². The number of nitrogen functional groups attached to an aromatic ring is 1. The Balaban J connectivity index is 1.39. The Morgan fingerprint density at radius 1 is 1.10 bits per heavy atom. The van der Waals surface area contributed by atoms with Crippen LogP contribution in [0.2, 0.25) is 0 Å². The summed E-state index contributed by atoms with van der Waals surface area (Å²) in [7, 11) is 1.73. The summed E-state index contributed by atoms with van der Waals surface area (Å²) in [4.78, 5) is 25.3. The van der Waals surface area contributed by atoms with Gasteiger partial charge in [-0.15, -0.1) is 0 Å². The fraction of sp³-hybridized carbons (Fsp3) is 0.414. The minimum Gasteiger partial charge on any atom is -0.382 e. The van der Waals surface area contributed by atoms with Gasteiger partial charge < -0.3 is 25.4 Å². The lowest BCUT2D eigenvalue weighted by Crippen LogP contribution is -2.37. The normalized spacial score (nSPS) is 19.5. The van der Waals surface area contributed by atoms with Gasteiger partial charge in [0.2, 0.25) is 5.95 Å². The van der Waals surface area contributed by atoms with E-state index in [9.17, 15) is 9.18 Å². The standard InChI is InChI=1S/C29H32F2N6O3/c1-39-21-5-7-36(16-21)15-20-13-18(2-3-23(20)37-8-10-40-11-9-37)25-27(31)35-28(32)26(34-25)19-12-17-4-6-33-29(38)24(17)22(30)14-19/h2-3,12-14,21H,4-11,15-16H2,1H3,(H2,32,35)(H,33,38)/t21-/m0/s1. The molecule has 210 valence electrons. The largest absolute Gasteiger partial charge is 0.382 e. The number of halogens is 2. The lowest BCUT2D eigenvalue weighted by atomic mass is 9.95. The van der Waals surface area contributed by atoms with Crippen molar-refractivity contribution in [3.05, 3.63) is 58.8 Å². The number of anilines is 2. The number of carbonyl (C=O) groups is 1. The topological polar surface area (TPSA) is 106 Å². The molecule has 2 saturated heterocycles. The summed E-state index contributed by atoms with van der Waals surface area (Å²) in [5, 5.41) is 2.65. The molecule has 3 aliphatic heterocycles. The van der Waals surface area contributed by atoms with Gasteiger partial charge in [-0.2, -0.15) is 9.37 Å². The summed E-state index contributed by atoms with van der Waals surface area (Å²) in [5.74, 6) is -2.07. The number of amides is 1. The number of fused-ring (bicyclic) bond motifs is 1. The number of hydrogen-bond donors (Lipinski definition) is 2. The SMILES string of the molecule is CO[C@H]1CCN(Cc2cc(-c3nc(-c4cc(F)c5c(c4)CCNC5=O)c(N)nc3F)ccc2N2CCOCC2)C1. The fourth-order valence-corrected chi connectivity index (χ4v) is 5.82. The first-order valence-corrected chi connectivity index (χ1v) is 13.6. The number of rotatable bonds is 6. The quantitative estimate of drug-likeness (QED) is 0.483. The molecule has 0 spiro atoms. The third-order valence-electron chi connectivity index (χ3n) is 7.89. The molecule has 3 aliphatic rings. The molecule has 4 heterocycles. The summed E-state index contributed by atoms with van der Waals surface area (Å²) in [5.41, 5.74) is 9.89. The molecular weight excluding hydrogens is 518 g/mol. The van der Waals surface area contributed by atoms with E-state index in [0.717, 1.165) is 43.9 Å². The number of hydrogen-bond acceptors (Lipinski definition) is 8. The molecule has 3 N–H and O–H groups in total. The van der Waals surface area contributed by atoms with Crippen molar-refractivity contribution in [2.45, 2.75) is 25.5 Å². The highest BCUT2D eigenvalue weighted by atomic mass is 19.1. The van der Waals surface area contributed by atoms with E-state index in [4.69, 9.17) is 15.2 Å². The van der Waals surface area contributed by atoms with Crippen molar-refractivity contribution in [1.82, 2.24) is 20.2 Å². The second kappa shape index (κ2) is 11.1. The van der Waals surface area contributed by atoms with Gasteiger partial charge in [-0.05, 0) is 48.2 Å². The Morgan fingerprint density at radius 3 is 2.70 bits per heavy atom. The van der Waals surface area contributed by atoms with Gasteiger partial charge in [0, 0.05) is 63.2 Å². The van der Waals surface area contributed by atoms with E-state index >= 15 is 4.39 Å². The molecule has 1 amide bonds. The lowest BCUT2D eigenvalue weighted by Gasteiger charge is -2.32. The van der Waals surface area contributed by atoms with Crippen molar-refractivity contribution < 1.29 is 23.0 Å². The molecule has 2 fully saturated rings. The average Bonchev–Trinajstić information content (AvgIpc) is 3.41. The molecule has 11 heteroatoms. The zero-order chi connectivity index (χ0) is 27.8. The molecule has 1 aromatic heterocycles. The van der Waals surface area contributed by atoms with E-state index in [2.05, 4.69) is 25.1 Å². The van der Waals surface area contributed by atoms with E-state index in [1.807, 2.05) is 18.2 Å². The molecule has 0 saturated carbocycles. The fourth-order valence-electron chi connectivity index (χ4n) is 5.82. The smallest absolute Gasteiger partial charge is 0.254 e. The Kier molecular flexibility index (Phi) is 7.35. The van der Waals surface area contributed by atoms with Gasteiger partial charge in [0.1, 0.15) is 17.2 Å². The van der Waals surface area contributed by atoms with Crippen LogP contribution in [0.4, 0.5) is 20.3 Å². The van der Waals surface area contributed by atoms with Crippen LogP contribution in [0.1, 0.15) is 27.9 Å². The number of ether oxygens (including phenoxy) is 2. The Morgan fingerprint density at radius 2 is 1.93 bits per heavy atom. The maximum absolute atomic E-state index is 15.3. The van der Waals surface area contributed by atoms with Gasteiger partial charge in [-0.25, -0.2) is 9.37 Å². The minimum absolute atomic E-state index is 0.0184. The van der Waals surface area contributed by atoms with Crippen LogP contribution in [0.15, 0.2) is 30.3 Å². The summed E-state index contributed by atoms with van der Waals surface area (Å²) < 4.78 is 41.4. The highest BCUT2D eigenvalue weighted by Gasteiger charge is 2.26. The summed E-state index contributed by atoms with van der Waals surface area (Å²) in [6.45, 7) is 5.66. The molecule has 2 aromatic carbocycles. The Hall–Kier alpha value is -3.67. The van der Waals surface area contributed by atoms with Gasteiger partial charge in [0.05, 0.1) is 24.9 Å². The van der Waals surface area contributed by atoms with E-state index in [0.29, 0.717) is 49.4 Å². The Labute approximate surface area is 231 Å². The molecule has 6 rings (SSSR count). The monoisotopic (exact) mass is 550 g/mol. The van der Waals surface area contributed by atoms with Crippen LogP contribution in [-0.4, -0.2) is 79.9 Å². The van der Waals surface area contributed by atoms with Crippen molar-refractivity contribution >= 4 is 17.4 Å². The maximum atomic E-state index is 15.3. The molecule has 0 unspecified atom stereocenters. The number of aromatic nitrogens is 2. The van der Waals surface area contributed by atoms with E-state index in [-0.39, 0.29) is 28.9 Å². The zero-order valence-electron chi connectivity index (χ0n) is 22.4. The van der Waals surface area contributed by atoms with Gasteiger partial charge in [-0.3, -0.25) is 9.69 Å². The van der Waals surface area contributed by atoms with Crippen LogP contribution in [0.25, 0.3) is 22.5 Å². The average molecular weight is 551 g/mol. The number of methoxy groups -OCH3 is 1. The first-order valence-electron chi connectivity index (χ1n) is 13.6. The van der Waals surface area contributed by atoms with Crippen molar-refractivity contribution in [2.24, 2.45) is 0 Å². The van der Waals surface area contributed by atoms with Crippen molar-refractivity contribution in [3.63, 3.8) is 0 Å². The molecule has 40 heavy (non-hydrogen) atoms. The zero-order valence-corrected chi connectivity index (χ0v) is 22.4. The van der Waals surface area contributed by atoms with Gasteiger partial charge in [0.15, 0.2) is 5.82 Å². The van der Waals surface area contributed by atoms with Crippen LogP contribution in [0, 0.1) is 11.8 Å². The van der Waals surface area contributed by atoms with Crippen LogP contribution in [0.3, 0.4) is 0 Å². The number of morpholine rings is 1. The van der Waals surface area contributed by atoms with Crippen LogP contribution >= 0.6 is 0 Å². The number of likely N-dealkylation sites (tertiary alicyclic amines) is 1. The number of nitrogens with zero attached hydrogens (tertiary/aromatic N) is 4. The Bertz CT molecular complexity index is 1450. The number of nitrogens with one attached hydrogen (secondary N) is 1. The molecule has 1 atom stereocenters. The molecule has 0 radical (unpaired) electrons. The minimum atomic E-state index is -0.801. The van der Waals surface area contributed by atoms with Crippen LogP contribution in [0.5, 0.6) is 0 Å². The third kappa shape index (κ3) is 5.12. The van der Waals surface area contributed by atoms with E-state index in [1.165, 1.54) is 6.07 Å². The van der Waals surface area contributed by atoms with Crippen molar-refractivity contribution in [3.8, 4) is 22.5 Å². The highest BCUT2D eigenvalue weighted by molar-refractivity contribution is 5.97. The van der Waals surface area contributed by atoms with Gasteiger partial charge in [0.25, 0.3) is 5.91 Å². The number of nitrogens with two attached hydrogens (primary N) is 1. The summed E-state index contributed by atoms with van der Waals surface area (Å²) in [6.07, 6.45) is 1.63. The third-order valence-corrected chi connectivity index (χ3v) is 7.89. The molecule has 0 aliphatic carbocycles. The maximum Gasteiger partial charge on any atom is 0.254 e. The highest BCUT2D eigenvalue weighted by Crippen LogP contribution is 2.34. The predicted molar refractivity (Wildman–Crippen MR) is 147 cm³/mol.